The number of fused-ring (bicyclic) bond motifs is 8. The molecule has 2 bridgehead atoms. The van der Waals surface area contributed by atoms with Gasteiger partial charge in [-0.25, -0.2) is 4.79 Å². The first-order valence-corrected chi connectivity index (χ1v) is 16.0. The zero-order valence-electron chi connectivity index (χ0n) is 25.4. The van der Waals surface area contributed by atoms with E-state index >= 15 is 0 Å². The van der Waals surface area contributed by atoms with E-state index in [2.05, 4.69) is 28.9 Å². The van der Waals surface area contributed by atoms with Crippen molar-refractivity contribution in [3.05, 3.63) is 39.4 Å². The molecule has 0 aromatic heterocycles. The van der Waals surface area contributed by atoms with E-state index in [1.54, 1.807) is 0 Å². The summed E-state index contributed by atoms with van der Waals surface area (Å²) < 4.78 is 29.3. The van der Waals surface area contributed by atoms with Crippen LogP contribution in [0.5, 0.6) is 28.7 Å². The first-order chi connectivity index (χ1) is 21.5. The summed E-state index contributed by atoms with van der Waals surface area (Å²) in [6, 6.07) is 2.27. The molecule has 3 saturated heterocycles. The van der Waals surface area contributed by atoms with Gasteiger partial charge >= 0.3 is 11.9 Å². The summed E-state index contributed by atoms with van der Waals surface area (Å²) >= 11 is 1.33. The average Bonchev–Trinajstić information content (AvgIpc) is 3.56. The molecule has 236 valence electrons. The maximum Gasteiger partial charge on any atom is 0.335 e. The summed E-state index contributed by atoms with van der Waals surface area (Å²) in [6.45, 7) is 6.97. The first-order valence-electron chi connectivity index (χ1n) is 15.0. The highest BCUT2D eigenvalue weighted by atomic mass is 32.2. The van der Waals surface area contributed by atoms with Crippen LogP contribution < -0.4 is 18.9 Å². The van der Waals surface area contributed by atoms with Crippen molar-refractivity contribution in [2.75, 3.05) is 26.3 Å². The number of carbonyl (C=O) groups is 2. The number of nitriles is 1. The highest BCUT2D eigenvalue weighted by Gasteiger charge is 2.70. The molecule has 0 saturated carbocycles. The van der Waals surface area contributed by atoms with Crippen molar-refractivity contribution >= 4 is 23.7 Å². The molecule has 13 heteroatoms. The Morgan fingerprint density at radius 1 is 1.18 bits per heavy atom. The molecule has 2 aromatic carbocycles. The fourth-order valence-corrected chi connectivity index (χ4v) is 10.4. The van der Waals surface area contributed by atoms with Crippen LogP contribution in [0.2, 0.25) is 0 Å². The fraction of sp³-hybridized carbons (Fsp3) is 0.531. The lowest BCUT2D eigenvalue weighted by Crippen LogP contribution is -2.75. The van der Waals surface area contributed by atoms with Gasteiger partial charge < -0.3 is 33.9 Å². The van der Waals surface area contributed by atoms with Crippen molar-refractivity contribution in [3.63, 3.8) is 0 Å². The van der Waals surface area contributed by atoms with Crippen molar-refractivity contribution in [1.29, 1.82) is 5.26 Å². The van der Waals surface area contributed by atoms with Crippen molar-refractivity contribution in [1.82, 2.24) is 9.80 Å². The molecule has 6 aliphatic heterocycles. The van der Waals surface area contributed by atoms with Crippen molar-refractivity contribution in [3.8, 4) is 34.8 Å². The smallest absolute Gasteiger partial charge is 0.335 e. The van der Waals surface area contributed by atoms with Gasteiger partial charge in [-0.15, -0.1) is 11.8 Å². The Hall–Kier alpha value is -3.70. The predicted octanol–water partition coefficient (Wildman–Crippen LogP) is 3.04. The number of piperazine rings is 1. The normalized spacial score (nSPS) is 34.0. The van der Waals surface area contributed by atoms with Crippen LogP contribution in [0.3, 0.4) is 0 Å². The second kappa shape index (κ2) is 9.65. The van der Waals surface area contributed by atoms with Crippen LogP contribution in [0.4, 0.5) is 0 Å². The number of ether oxygens (including phenoxy) is 5. The number of aliphatic hydroxyl groups is 1. The summed E-state index contributed by atoms with van der Waals surface area (Å²) in [4.78, 5) is 29.9. The van der Waals surface area contributed by atoms with Crippen LogP contribution in [0, 0.1) is 25.2 Å². The molecule has 6 aliphatic rings. The van der Waals surface area contributed by atoms with E-state index in [-0.39, 0.29) is 30.9 Å². The largest absolute Gasteiger partial charge is 0.504 e. The van der Waals surface area contributed by atoms with Crippen molar-refractivity contribution in [2.24, 2.45) is 0 Å². The van der Waals surface area contributed by atoms with Gasteiger partial charge in [-0.3, -0.25) is 14.6 Å². The summed E-state index contributed by atoms with van der Waals surface area (Å²) in [5, 5.41) is 33.0. The zero-order valence-corrected chi connectivity index (χ0v) is 26.3. The number of rotatable bonds is 2. The second-order valence-corrected chi connectivity index (χ2v) is 14.0. The van der Waals surface area contributed by atoms with Crippen LogP contribution in [0.1, 0.15) is 71.0 Å². The second-order valence-electron chi connectivity index (χ2n) is 12.8. The molecule has 3 fully saturated rings. The zero-order chi connectivity index (χ0) is 31.7. The Balaban J connectivity index is 1.45. The molecule has 12 nitrogen and oxygen atoms in total. The summed E-state index contributed by atoms with van der Waals surface area (Å²) in [7, 11) is 1.53. The number of nitrogens with zero attached hydrogens (tertiary/aromatic N) is 3. The topological polar surface area (TPSA) is 151 Å². The fourth-order valence-electron chi connectivity index (χ4n) is 8.97. The van der Waals surface area contributed by atoms with Crippen molar-refractivity contribution in [2.45, 2.75) is 81.2 Å². The van der Waals surface area contributed by atoms with Gasteiger partial charge in [-0.2, -0.15) is 5.26 Å². The summed E-state index contributed by atoms with van der Waals surface area (Å²) in [5.74, 6) is 0.422. The van der Waals surface area contributed by atoms with Crippen LogP contribution in [0.15, 0.2) is 6.07 Å². The molecule has 45 heavy (non-hydrogen) atoms. The molecule has 0 aliphatic carbocycles. The van der Waals surface area contributed by atoms with E-state index in [1.807, 2.05) is 13.8 Å². The van der Waals surface area contributed by atoms with Crippen LogP contribution >= 0.6 is 11.8 Å². The molecule has 2 unspecified atom stereocenters. The van der Waals surface area contributed by atoms with Gasteiger partial charge in [0.25, 0.3) is 0 Å². The van der Waals surface area contributed by atoms with Gasteiger partial charge in [-0.1, -0.05) is 0 Å². The number of thioether (sulfide) groups is 1. The van der Waals surface area contributed by atoms with Gasteiger partial charge in [0.05, 0.1) is 30.5 Å². The predicted molar refractivity (Wildman–Crippen MR) is 158 cm³/mol. The molecule has 0 amide bonds. The number of phenolic OH excluding ortho intramolecular Hbond substituents is 1. The maximum absolute atomic E-state index is 12.9. The lowest BCUT2D eigenvalue weighted by molar-refractivity contribution is -0.187. The number of phenols is 1. The maximum atomic E-state index is 12.9. The molecular formula is C32H33N3O9S. The summed E-state index contributed by atoms with van der Waals surface area (Å²) in [6.07, 6.45) is -0.702. The van der Waals surface area contributed by atoms with Crippen molar-refractivity contribution < 1.29 is 43.5 Å². The molecule has 2 aromatic rings. The molecule has 8 atom stereocenters. The van der Waals surface area contributed by atoms with E-state index in [0.29, 0.717) is 46.1 Å². The van der Waals surface area contributed by atoms with Gasteiger partial charge in [-0.05, 0) is 44.4 Å². The monoisotopic (exact) mass is 635 g/mol. The van der Waals surface area contributed by atoms with Gasteiger partial charge in [0.1, 0.15) is 18.4 Å². The Morgan fingerprint density at radius 2 is 1.93 bits per heavy atom. The van der Waals surface area contributed by atoms with Gasteiger partial charge in [0.2, 0.25) is 6.79 Å². The minimum Gasteiger partial charge on any atom is -0.504 e. The molecule has 2 N–H and O–H groups in total. The highest BCUT2D eigenvalue weighted by molar-refractivity contribution is 7.99. The Bertz CT molecular complexity index is 1740. The SMILES string of the molecule is COc1c(C)cc2c(c1O)[C@@H]1C3[C@@H]4SC[C@@H](O)C(=O)OC[C@@H](c5c6c(c(C)c(OC(C)=O)c54)OCO6)N3[C@@H](C#N)[C@@H]3CC2(C)N13. The number of aryl methyl sites for hydroxylation is 1. The standard InChI is InChI=1S/C32H33N3O9S/c1-12-6-15-20(25(38)26(12)40-5)23-24-30-22-21(29-28(42-11-43-29)13(2)27(22)44-14(3)36)18(9-41-31(39)19(37)10-45-30)34(24)17(8-33)16-7-32(15,4)35(16)23/h6,16-19,23-24,30,37-38H,7,9-11H2,1-5H3/t16-,17-,18-,19+,23+,24?,30+,32?/m0/s1. The molecular weight excluding hydrogens is 602 g/mol. The van der Waals surface area contributed by atoms with Gasteiger partial charge in [0.15, 0.2) is 29.1 Å². The first kappa shape index (κ1) is 28.8. The Morgan fingerprint density at radius 3 is 2.64 bits per heavy atom. The number of hydrogen-bond acceptors (Lipinski definition) is 13. The third-order valence-electron chi connectivity index (χ3n) is 10.6. The lowest BCUT2D eigenvalue weighted by atomic mass is 9.70. The van der Waals surface area contributed by atoms with E-state index in [4.69, 9.17) is 23.7 Å². The van der Waals surface area contributed by atoms with E-state index in [0.717, 1.165) is 16.7 Å². The lowest BCUT2D eigenvalue weighted by Gasteiger charge is -2.66. The Kier molecular flexibility index (Phi) is 6.17. The van der Waals surface area contributed by atoms with Gasteiger partial charge in [0, 0.05) is 52.6 Å². The number of esters is 2. The Labute approximate surface area is 263 Å². The quantitative estimate of drug-likeness (QED) is 0.368. The summed E-state index contributed by atoms with van der Waals surface area (Å²) in [5.41, 5.74) is 4.02. The van der Waals surface area contributed by atoms with E-state index in [1.165, 1.54) is 25.8 Å². The number of aliphatic hydroxyl groups excluding tert-OH is 1. The number of methoxy groups -OCH3 is 1. The minimum absolute atomic E-state index is 0.00829. The molecule has 6 heterocycles. The third-order valence-corrected chi connectivity index (χ3v) is 12.0. The number of aromatic hydroxyl groups is 1. The van der Waals surface area contributed by atoms with Crippen LogP contribution in [0.25, 0.3) is 0 Å². The number of carbonyl (C=O) groups excluding carboxylic acids is 2. The van der Waals surface area contributed by atoms with E-state index < -0.39 is 53.0 Å². The third kappa shape index (κ3) is 3.54. The molecule has 0 spiro atoms. The number of hydrogen-bond donors (Lipinski definition) is 2. The molecule has 0 radical (unpaired) electrons. The number of benzene rings is 2. The average molecular weight is 636 g/mol. The highest BCUT2D eigenvalue weighted by Crippen LogP contribution is 2.70. The molecule has 8 rings (SSSR count). The van der Waals surface area contributed by atoms with Crippen LogP contribution in [-0.2, 0) is 19.9 Å². The minimum atomic E-state index is -1.39. The van der Waals surface area contributed by atoms with E-state index in [9.17, 15) is 25.1 Å². The number of cyclic esters (lactones) is 1. The van der Waals surface area contributed by atoms with Crippen LogP contribution in [-0.4, -0.2) is 82.4 Å².